The molecule has 26 heavy (non-hydrogen) atoms. The zero-order chi connectivity index (χ0) is 18.9. The Morgan fingerprint density at radius 2 is 1.88 bits per heavy atom. The van der Waals surface area contributed by atoms with Crippen LogP contribution in [0.5, 0.6) is 0 Å². The molecule has 1 aliphatic heterocycles. The van der Waals surface area contributed by atoms with Gasteiger partial charge in [-0.3, -0.25) is 4.90 Å². The van der Waals surface area contributed by atoms with Crippen molar-refractivity contribution in [3.8, 4) is 18.2 Å². The minimum atomic E-state index is -1.57. The summed E-state index contributed by atoms with van der Waals surface area (Å²) in [7, 11) is 0. The van der Waals surface area contributed by atoms with E-state index in [0.29, 0.717) is 29.3 Å². The van der Waals surface area contributed by atoms with Gasteiger partial charge in [0.25, 0.3) is 0 Å². The molecule has 1 aromatic rings. The lowest BCUT2D eigenvalue weighted by Gasteiger charge is -2.45. The van der Waals surface area contributed by atoms with E-state index in [4.69, 9.17) is 17.3 Å². The Labute approximate surface area is 158 Å². The Morgan fingerprint density at radius 1 is 1.23 bits per heavy atom. The lowest BCUT2D eigenvalue weighted by atomic mass is 9.60. The molecule has 2 aliphatic rings. The molecular weight excluding hydrogens is 346 g/mol. The first-order chi connectivity index (χ1) is 12.5. The third kappa shape index (κ3) is 2.56. The highest BCUT2D eigenvalue weighted by atomic mass is 35.5. The molecule has 0 saturated heterocycles. The quantitative estimate of drug-likeness (QED) is 0.813. The summed E-state index contributed by atoms with van der Waals surface area (Å²) < 4.78 is 0. The maximum absolute atomic E-state index is 9.82. The first kappa shape index (κ1) is 18.0. The molecular formula is C20H18ClN5. The number of halogens is 1. The molecule has 130 valence electrons. The van der Waals surface area contributed by atoms with Crippen LogP contribution in [0, 0.1) is 45.3 Å². The fraction of sp³-hybridized carbons (Fsp3) is 0.350. The minimum absolute atomic E-state index is 0.0531. The first-order valence-electron chi connectivity index (χ1n) is 8.43. The first-order valence-corrected chi connectivity index (χ1v) is 8.81. The van der Waals surface area contributed by atoms with Gasteiger partial charge in [-0.1, -0.05) is 36.7 Å². The van der Waals surface area contributed by atoms with Crippen molar-refractivity contribution in [2.24, 2.45) is 17.1 Å². The average molecular weight is 364 g/mol. The number of allylic oxidation sites excluding steroid dienone is 2. The fourth-order valence-electron chi connectivity index (χ4n) is 4.00. The van der Waals surface area contributed by atoms with E-state index >= 15 is 0 Å². The largest absolute Gasteiger partial charge is 0.399 e. The lowest BCUT2D eigenvalue weighted by molar-refractivity contribution is 0.234. The Kier molecular flexibility index (Phi) is 4.75. The molecule has 0 unspecified atom stereocenters. The van der Waals surface area contributed by atoms with Crippen molar-refractivity contribution < 1.29 is 0 Å². The topological polar surface area (TPSA) is 101 Å². The average Bonchev–Trinajstić information content (AvgIpc) is 2.68. The predicted octanol–water partition coefficient (Wildman–Crippen LogP) is 3.09. The summed E-state index contributed by atoms with van der Waals surface area (Å²) in [6.07, 6.45) is 1.94. The van der Waals surface area contributed by atoms with Crippen LogP contribution in [0.25, 0.3) is 0 Å². The van der Waals surface area contributed by atoms with Gasteiger partial charge in [-0.2, -0.15) is 15.8 Å². The van der Waals surface area contributed by atoms with Crippen LogP contribution < -0.4 is 5.73 Å². The molecule has 2 N–H and O–H groups in total. The molecule has 0 radical (unpaired) electrons. The van der Waals surface area contributed by atoms with Crippen molar-refractivity contribution in [2.45, 2.75) is 12.8 Å². The van der Waals surface area contributed by atoms with Crippen molar-refractivity contribution in [1.29, 1.82) is 15.8 Å². The van der Waals surface area contributed by atoms with E-state index in [0.717, 1.165) is 12.1 Å². The number of nitrogens with zero attached hydrogens (tertiary/aromatic N) is 4. The van der Waals surface area contributed by atoms with Crippen LogP contribution in [-0.2, 0) is 0 Å². The molecule has 0 bridgehead atoms. The maximum atomic E-state index is 9.82. The van der Waals surface area contributed by atoms with Gasteiger partial charge in [-0.25, -0.2) is 0 Å². The second-order valence-corrected chi connectivity index (χ2v) is 7.00. The normalized spacial score (nSPS) is 24.7. The van der Waals surface area contributed by atoms with Gasteiger partial charge in [-0.05, 0) is 29.8 Å². The summed E-state index contributed by atoms with van der Waals surface area (Å²) >= 11 is 6.02. The summed E-state index contributed by atoms with van der Waals surface area (Å²) in [4.78, 5) is 2.23. The molecule has 1 aliphatic carbocycles. The van der Waals surface area contributed by atoms with E-state index in [1.165, 1.54) is 0 Å². The number of fused-ring (bicyclic) bond motifs is 1. The molecule has 6 heteroatoms. The molecule has 3 rings (SSSR count). The molecule has 5 nitrogen and oxygen atoms in total. The van der Waals surface area contributed by atoms with Crippen LogP contribution in [0.1, 0.15) is 18.4 Å². The molecule has 1 heterocycles. The number of nitrogens with two attached hydrogens (primary N) is 1. The Hall–Kier alpha value is -2.78. The number of likely N-dealkylation sites (N-methyl/N-ethyl adjacent to an activating group) is 1. The van der Waals surface area contributed by atoms with E-state index in [1.54, 1.807) is 12.1 Å². The third-order valence-corrected chi connectivity index (χ3v) is 5.65. The van der Waals surface area contributed by atoms with E-state index in [2.05, 4.69) is 30.0 Å². The highest BCUT2D eigenvalue weighted by Gasteiger charge is 2.52. The lowest BCUT2D eigenvalue weighted by Crippen LogP contribution is -2.47. The van der Waals surface area contributed by atoms with Gasteiger partial charge in [0.15, 0.2) is 0 Å². The second-order valence-electron chi connectivity index (χ2n) is 6.56. The zero-order valence-corrected chi connectivity index (χ0v) is 15.2. The van der Waals surface area contributed by atoms with Gasteiger partial charge in [0.2, 0.25) is 5.41 Å². The molecule has 1 aromatic carbocycles. The van der Waals surface area contributed by atoms with E-state index in [-0.39, 0.29) is 17.5 Å². The van der Waals surface area contributed by atoms with Gasteiger partial charge in [0.05, 0.1) is 29.5 Å². The van der Waals surface area contributed by atoms with Crippen molar-refractivity contribution in [3.05, 3.63) is 57.8 Å². The molecule has 0 amide bonds. The summed E-state index contributed by atoms with van der Waals surface area (Å²) in [6.45, 7) is 4.24. The van der Waals surface area contributed by atoms with E-state index in [1.807, 2.05) is 18.2 Å². The van der Waals surface area contributed by atoms with E-state index in [9.17, 15) is 15.8 Å². The van der Waals surface area contributed by atoms with Gasteiger partial charge in [0.1, 0.15) is 0 Å². The SMILES string of the molecule is CCN1CC=C2[C@@H](C1)[C@H](c1ccc(Cl)cc1)C(C#N)=C(N)C2(C#N)C#N. The van der Waals surface area contributed by atoms with Crippen LogP contribution in [0.15, 0.2) is 47.2 Å². The van der Waals surface area contributed by atoms with Crippen molar-refractivity contribution in [2.75, 3.05) is 19.6 Å². The van der Waals surface area contributed by atoms with Gasteiger partial charge >= 0.3 is 0 Å². The maximum Gasteiger partial charge on any atom is 0.204 e. The number of hydrogen-bond acceptors (Lipinski definition) is 5. The van der Waals surface area contributed by atoms with Gasteiger partial charge < -0.3 is 5.73 Å². The summed E-state index contributed by atoms with van der Waals surface area (Å²) in [5, 5.41) is 30.1. The number of hydrogen-bond donors (Lipinski definition) is 1. The van der Waals surface area contributed by atoms with Crippen LogP contribution in [0.4, 0.5) is 0 Å². The van der Waals surface area contributed by atoms with Gasteiger partial charge in [0, 0.05) is 29.9 Å². The molecule has 2 atom stereocenters. The Morgan fingerprint density at radius 3 is 2.42 bits per heavy atom. The van der Waals surface area contributed by atoms with Crippen molar-refractivity contribution in [1.82, 2.24) is 4.90 Å². The third-order valence-electron chi connectivity index (χ3n) is 5.40. The van der Waals surface area contributed by atoms with Crippen LogP contribution in [0.3, 0.4) is 0 Å². The molecule has 0 spiro atoms. The summed E-state index contributed by atoms with van der Waals surface area (Å²) in [6, 6.07) is 13.7. The molecule has 0 aromatic heterocycles. The van der Waals surface area contributed by atoms with Crippen LogP contribution in [-0.4, -0.2) is 24.5 Å². The summed E-state index contributed by atoms with van der Waals surface area (Å²) in [5.74, 6) is -0.459. The summed E-state index contributed by atoms with van der Waals surface area (Å²) in [5.41, 5.74) is 6.66. The Balaban J connectivity index is 2.28. The van der Waals surface area contributed by atoms with Gasteiger partial charge in [-0.15, -0.1) is 0 Å². The highest BCUT2D eigenvalue weighted by molar-refractivity contribution is 6.30. The monoisotopic (exact) mass is 363 g/mol. The zero-order valence-electron chi connectivity index (χ0n) is 14.4. The van der Waals surface area contributed by atoms with E-state index < -0.39 is 5.41 Å². The van der Waals surface area contributed by atoms with Crippen molar-refractivity contribution >= 4 is 11.6 Å². The van der Waals surface area contributed by atoms with Crippen LogP contribution in [0.2, 0.25) is 5.02 Å². The number of benzene rings is 1. The standard InChI is InChI=1S/C20H18ClN5/c1-2-26-8-7-17-16(10-26)18(13-3-5-14(21)6-4-13)15(9-22)19(25)20(17,11-23)12-24/h3-7,16,18H,2,8,10,25H2,1H3/t16-,18-/m1/s1. The van der Waals surface area contributed by atoms with Crippen molar-refractivity contribution in [3.63, 3.8) is 0 Å². The number of rotatable bonds is 2. The molecule has 0 saturated carbocycles. The smallest absolute Gasteiger partial charge is 0.204 e. The minimum Gasteiger partial charge on any atom is -0.399 e. The predicted molar refractivity (Wildman–Crippen MR) is 98.4 cm³/mol. The highest BCUT2D eigenvalue weighted by Crippen LogP contribution is 2.52. The Bertz CT molecular complexity index is 893. The second kappa shape index (κ2) is 6.85. The number of nitriles is 3. The fourth-order valence-corrected chi connectivity index (χ4v) is 4.13. The molecule has 0 fully saturated rings. The van der Waals surface area contributed by atoms with Crippen LogP contribution >= 0.6 is 11.6 Å².